The molecular formula is C13H19N3O. The number of benzene rings is 1. The number of hydrogen-bond donors (Lipinski definition) is 1. The molecule has 0 amide bonds. The van der Waals surface area contributed by atoms with Gasteiger partial charge in [-0.3, -0.25) is 0 Å². The highest BCUT2D eigenvalue weighted by Crippen LogP contribution is 2.21. The van der Waals surface area contributed by atoms with Crippen molar-refractivity contribution in [2.75, 3.05) is 13.7 Å². The number of aromatic nitrogens is 2. The third-order valence-corrected chi connectivity index (χ3v) is 2.88. The minimum atomic E-state index is 0.807. The summed E-state index contributed by atoms with van der Waals surface area (Å²) in [6, 6.07) is 6.03. The van der Waals surface area contributed by atoms with Crippen molar-refractivity contribution in [3.8, 4) is 5.75 Å². The number of imidazole rings is 1. The predicted molar refractivity (Wildman–Crippen MR) is 69.3 cm³/mol. The molecule has 0 unspecified atom stereocenters. The molecule has 1 heterocycles. The number of nitrogens with one attached hydrogen (secondary N) is 1. The number of hydrogen-bond acceptors (Lipinski definition) is 3. The van der Waals surface area contributed by atoms with Gasteiger partial charge in [-0.25, -0.2) is 4.98 Å². The van der Waals surface area contributed by atoms with Gasteiger partial charge in [0, 0.05) is 12.6 Å². The highest BCUT2D eigenvalue weighted by molar-refractivity contribution is 5.77. The molecule has 92 valence electrons. The van der Waals surface area contributed by atoms with Gasteiger partial charge in [-0.1, -0.05) is 6.92 Å². The Labute approximate surface area is 102 Å². The van der Waals surface area contributed by atoms with Crippen LogP contribution in [-0.2, 0) is 13.1 Å². The molecular weight excluding hydrogens is 214 g/mol. The van der Waals surface area contributed by atoms with E-state index in [1.165, 1.54) is 5.52 Å². The van der Waals surface area contributed by atoms with Gasteiger partial charge in [0.25, 0.3) is 0 Å². The van der Waals surface area contributed by atoms with Crippen molar-refractivity contribution in [2.24, 2.45) is 0 Å². The zero-order valence-corrected chi connectivity index (χ0v) is 10.7. The molecule has 4 heteroatoms. The topological polar surface area (TPSA) is 39.1 Å². The van der Waals surface area contributed by atoms with Crippen molar-refractivity contribution in [1.29, 1.82) is 0 Å². The summed E-state index contributed by atoms with van der Waals surface area (Å²) in [6.45, 7) is 6.93. The standard InChI is InChI=1S/C13H19N3O/c1-4-14-9-13-15-11-8-10(17-3)6-7-12(11)16(13)5-2/h6-8,14H,4-5,9H2,1-3H3. The zero-order valence-electron chi connectivity index (χ0n) is 10.7. The number of aryl methyl sites for hydroxylation is 1. The van der Waals surface area contributed by atoms with E-state index in [2.05, 4.69) is 34.8 Å². The predicted octanol–water partition coefficient (Wildman–Crippen LogP) is 2.17. The minimum Gasteiger partial charge on any atom is -0.497 e. The van der Waals surface area contributed by atoms with Crippen molar-refractivity contribution in [1.82, 2.24) is 14.9 Å². The number of rotatable bonds is 5. The van der Waals surface area contributed by atoms with Gasteiger partial charge in [0.2, 0.25) is 0 Å². The lowest BCUT2D eigenvalue weighted by Crippen LogP contribution is -2.16. The van der Waals surface area contributed by atoms with E-state index in [4.69, 9.17) is 4.74 Å². The third-order valence-electron chi connectivity index (χ3n) is 2.88. The first-order valence-corrected chi connectivity index (χ1v) is 6.04. The molecule has 0 saturated heterocycles. The summed E-state index contributed by atoms with van der Waals surface area (Å²) in [6.07, 6.45) is 0. The van der Waals surface area contributed by atoms with Crippen LogP contribution in [-0.4, -0.2) is 23.2 Å². The second-order valence-electron chi connectivity index (χ2n) is 3.91. The summed E-state index contributed by atoms with van der Waals surface area (Å²) in [4.78, 5) is 4.65. The van der Waals surface area contributed by atoms with Gasteiger partial charge in [-0.15, -0.1) is 0 Å². The van der Waals surface area contributed by atoms with Crippen LogP contribution >= 0.6 is 0 Å². The summed E-state index contributed by atoms with van der Waals surface area (Å²) in [7, 11) is 1.68. The Morgan fingerprint density at radius 3 is 2.82 bits per heavy atom. The van der Waals surface area contributed by atoms with E-state index < -0.39 is 0 Å². The van der Waals surface area contributed by atoms with E-state index in [0.29, 0.717) is 0 Å². The lowest BCUT2D eigenvalue weighted by molar-refractivity contribution is 0.415. The largest absolute Gasteiger partial charge is 0.497 e. The lowest BCUT2D eigenvalue weighted by atomic mass is 10.3. The minimum absolute atomic E-state index is 0.807. The van der Waals surface area contributed by atoms with Gasteiger partial charge in [-0.05, 0) is 25.6 Å². The maximum atomic E-state index is 5.22. The molecule has 0 saturated carbocycles. The molecule has 2 aromatic rings. The van der Waals surface area contributed by atoms with E-state index in [1.54, 1.807) is 7.11 Å². The molecule has 0 aliphatic rings. The molecule has 1 aromatic heterocycles. The van der Waals surface area contributed by atoms with Crippen LogP contribution in [0.4, 0.5) is 0 Å². The second-order valence-corrected chi connectivity index (χ2v) is 3.91. The Morgan fingerprint density at radius 2 is 2.18 bits per heavy atom. The van der Waals surface area contributed by atoms with Crippen LogP contribution in [0.1, 0.15) is 19.7 Å². The van der Waals surface area contributed by atoms with Gasteiger partial charge in [-0.2, -0.15) is 0 Å². The maximum Gasteiger partial charge on any atom is 0.123 e. The number of fused-ring (bicyclic) bond motifs is 1. The number of methoxy groups -OCH3 is 1. The van der Waals surface area contributed by atoms with E-state index in [1.807, 2.05) is 12.1 Å². The van der Waals surface area contributed by atoms with E-state index in [0.717, 1.165) is 36.7 Å². The molecule has 2 rings (SSSR count). The first kappa shape index (κ1) is 11.9. The average molecular weight is 233 g/mol. The summed E-state index contributed by atoms with van der Waals surface area (Å²) in [5.41, 5.74) is 2.17. The number of ether oxygens (including phenoxy) is 1. The fraction of sp³-hybridized carbons (Fsp3) is 0.462. The molecule has 17 heavy (non-hydrogen) atoms. The Hall–Kier alpha value is -1.55. The Kier molecular flexibility index (Phi) is 3.64. The molecule has 0 aliphatic carbocycles. The molecule has 1 aromatic carbocycles. The molecule has 0 atom stereocenters. The van der Waals surface area contributed by atoms with Crippen molar-refractivity contribution in [2.45, 2.75) is 26.9 Å². The Morgan fingerprint density at radius 1 is 1.35 bits per heavy atom. The van der Waals surface area contributed by atoms with Gasteiger partial charge in [0.1, 0.15) is 11.6 Å². The van der Waals surface area contributed by atoms with Crippen LogP contribution in [0, 0.1) is 0 Å². The summed E-state index contributed by atoms with van der Waals surface area (Å²) < 4.78 is 7.45. The van der Waals surface area contributed by atoms with Crippen LogP contribution in [0.25, 0.3) is 11.0 Å². The van der Waals surface area contributed by atoms with Crippen molar-refractivity contribution >= 4 is 11.0 Å². The van der Waals surface area contributed by atoms with Crippen molar-refractivity contribution < 1.29 is 4.74 Å². The van der Waals surface area contributed by atoms with Crippen LogP contribution in [0.5, 0.6) is 5.75 Å². The van der Waals surface area contributed by atoms with Gasteiger partial charge in [0.05, 0.1) is 24.7 Å². The lowest BCUT2D eigenvalue weighted by Gasteiger charge is -2.06. The summed E-state index contributed by atoms with van der Waals surface area (Å²) in [5.74, 6) is 1.94. The first-order valence-electron chi connectivity index (χ1n) is 6.04. The Balaban J connectivity index is 2.46. The summed E-state index contributed by atoms with van der Waals surface area (Å²) in [5, 5.41) is 3.31. The molecule has 0 spiro atoms. The Bertz CT molecular complexity index is 505. The van der Waals surface area contributed by atoms with Crippen LogP contribution < -0.4 is 10.1 Å². The second kappa shape index (κ2) is 5.19. The quantitative estimate of drug-likeness (QED) is 0.860. The van der Waals surface area contributed by atoms with E-state index in [9.17, 15) is 0 Å². The SMILES string of the molecule is CCNCc1nc2cc(OC)ccc2n1CC. The van der Waals surface area contributed by atoms with Gasteiger partial charge < -0.3 is 14.6 Å². The van der Waals surface area contributed by atoms with Crippen LogP contribution in [0.15, 0.2) is 18.2 Å². The van der Waals surface area contributed by atoms with E-state index in [-0.39, 0.29) is 0 Å². The highest BCUT2D eigenvalue weighted by atomic mass is 16.5. The normalized spacial score (nSPS) is 11.0. The first-order chi connectivity index (χ1) is 8.30. The smallest absolute Gasteiger partial charge is 0.123 e. The number of nitrogens with zero attached hydrogens (tertiary/aromatic N) is 2. The van der Waals surface area contributed by atoms with Gasteiger partial charge in [0.15, 0.2) is 0 Å². The average Bonchev–Trinajstić information content (AvgIpc) is 2.72. The molecule has 0 bridgehead atoms. The van der Waals surface area contributed by atoms with Crippen LogP contribution in [0.2, 0.25) is 0 Å². The van der Waals surface area contributed by atoms with Crippen LogP contribution in [0.3, 0.4) is 0 Å². The summed E-state index contributed by atoms with van der Waals surface area (Å²) >= 11 is 0. The highest BCUT2D eigenvalue weighted by Gasteiger charge is 2.09. The fourth-order valence-corrected chi connectivity index (χ4v) is 2.01. The van der Waals surface area contributed by atoms with Crippen molar-refractivity contribution in [3.63, 3.8) is 0 Å². The molecule has 0 aliphatic heterocycles. The maximum absolute atomic E-state index is 5.22. The molecule has 0 fully saturated rings. The monoisotopic (exact) mass is 233 g/mol. The van der Waals surface area contributed by atoms with E-state index >= 15 is 0 Å². The molecule has 0 radical (unpaired) electrons. The molecule has 1 N–H and O–H groups in total. The van der Waals surface area contributed by atoms with Gasteiger partial charge >= 0.3 is 0 Å². The zero-order chi connectivity index (χ0) is 12.3. The molecule has 4 nitrogen and oxygen atoms in total. The third kappa shape index (κ3) is 2.26. The van der Waals surface area contributed by atoms with Crippen molar-refractivity contribution in [3.05, 3.63) is 24.0 Å². The fourth-order valence-electron chi connectivity index (χ4n) is 2.01.